The van der Waals surface area contributed by atoms with Crippen LogP contribution in [0.2, 0.25) is 0 Å². The lowest BCUT2D eigenvalue weighted by atomic mass is 9.63. The third-order valence-electron chi connectivity index (χ3n) is 4.25. The van der Waals surface area contributed by atoms with Crippen LogP contribution in [0.4, 0.5) is 0 Å². The summed E-state index contributed by atoms with van der Waals surface area (Å²) < 4.78 is 7.78. The van der Waals surface area contributed by atoms with Gasteiger partial charge >= 0.3 is 0 Å². The molecule has 0 N–H and O–H groups in total. The smallest absolute Gasteiger partial charge is 0.157 e. The van der Waals surface area contributed by atoms with E-state index in [2.05, 4.69) is 5.10 Å². The van der Waals surface area contributed by atoms with E-state index in [1.807, 2.05) is 17.8 Å². The number of carbonyl (C=O) groups excluding carboxylic acids is 1. The van der Waals surface area contributed by atoms with E-state index in [1.54, 1.807) is 6.20 Å². The van der Waals surface area contributed by atoms with Crippen LogP contribution in [-0.4, -0.2) is 21.7 Å². The van der Waals surface area contributed by atoms with Gasteiger partial charge in [0.2, 0.25) is 0 Å². The standard InChI is InChI=1S/C13H18N2O2/c1-2-15-9-10(8-14-15)17-12-7-11(16)13(12)5-3-4-6-13/h8-9,12H,2-7H2,1H3. The molecule has 0 aromatic carbocycles. The van der Waals surface area contributed by atoms with Gasteiger partial charge in [-0.05, 0) is 19.8 Å². The van der Waals surface area contributed by atoms with Gasteiger partial charge in [-0.2, -0.15) is 5.10 Å². The van der Waals surface area contributed by atoms with Crippen molar-refractivity contribution in [3.63, 3.8) is 0 Å². The van der Waals surface area contributed by atoms with Crippen molar-refractivity contribution in [2.75, 3.05) is 0 Å². The number of aromatic nitrogens is 2. The summed E-state index contributed by atoms with van der Waals surface area (Å²) in [4.78, 5) is 11.8. The molecule has 1 aromatic rings. The van der Waals surface area contributed by atoms with Crippen LogP contribution in [-0.2, 0) is 11.3 Å². The Bertz CT molecular complexity index is 432. The molecule has 1 heterocycles. The number of hydrogen-bond acceptors (Lipinski definition) is 3. The van der Waals surface area contributed by atoms with Gasteiger partial charge in [0.15, 0.2) is 5.75 Å². The molecule has 4 heteroatoms. The number of nitrogens with zero attached hydrogens (tertiary/aromatic N) is 2. The van der Waals surface area contributed by atoms with Gasteiger partial charge in [0, 0.05) is 13.0 Å². The van der Waals surface area contributed by atoms with Gasteiger partial charge in [0.25, 0.3) is 0 Å². The topological polar surface area (TPSA) is 44.1 Å². The van der Waals surface area contributed by atoms with Crippen LogP contribution in [0.1, 0.15) is 39.0 Å². The van der Waals surface area contributed by atoms with Crippen LogP contribution in [0.25, 0.3) is 0 Å². The lowest BCUT2D eigenvalue weighted by molar-refractivity contribution is -0.151. The van der Waals surface area contributed by atoms with Gasteiger partial charge in [-0.25, -0.2) is 0 Å². The molecule has 0 saturated heterocycles. The van der Waals surface area contributed by atoms with E-state index >= 15 is 0 Å². The van der Waals surface area contributed by atoms with Crippen LogP contribution in [0.3, 0.4) is 0 Å². The number of rotatable bonds is 3. The fourth-order valence-corrected chi connectivity index (χ4v) is 3.12. The average Bonchev–Trinajstić information content (AvgIpc) is 2.99. The van der Waals surface area contributed by atoms with Crippen molar-refractivity contribution >= 4 is 5.78 Å². The third-order valence-corrected chi connectivity index (χ3v) is 4.25. The maximum absolute atomic E-state index is 11.8. The molecule has 92 valence electrons. The summed E-state index contributed by atoms with van der Waals surface area (Å²) in [6.45, 7) is 2.89. The molecule has 1 atom stereocenters. The van der Waals surface area contributed by atoms with Crippen molar-refractivity contribution in [1.82, 2.24) is 9.78 Å². The first-order valence-corrected chi connectivity index (χ1v) is 6.47. The largest absolute Gasteiger partial charge is 0.486 e. The molecule has 2 fully saturated rings. The molecule has 1 aromatic heterocycles. The molecule has 0 aliphatic heterocycles. The lowest BCUT2D eigenvalue weighted by Gasteiger charge is -2.44. The van der Waals surface area contributed by atoms with E-state index in [-0.39, 0.29) is 11.5 Å². The minimum atomic E-state index is -0.145. The van der Waals surface area contributed by atoms with E-state index in [0.717, 1.165) is 25.1 Å². The second-order valence-corrected chi connectivity index (χ2v) is 5.13. The molecule has 1 spiro atoms. The summed E-state index contributed by atoms with van der Waals surface area (Å²) in [5.41, 5.74) is -0.145. The molecular weight excluding hydrogens is 216 g/mol. The SMILES string of the molecule is CCn1cc(OC2CC(=O)C23CCCC3)cn1. The monoisotopic (exact) mass is 234 g/mol. The minimum Gasteiger partial charge on any atom is -0.486 e. The molecule has 2 aliphatic carbocycles. The summed E-state index contributed by atoms with van der Waals surface area (Å²) >= 11 is 0. The first-order valence-electron chi connectivity index (χ1n) is 6.47. The highest BCUT2D eigenvalue weighted by Gasteiger charge is 2.57. The van der Waals surface area contributed by atoms with Gasteiger partial charge < -0.3 is 4.74 Å². The van der Waals surface area contributed by atoms with Crippen LogP contribution in [0.15, 0.2) is 12.4 Å². The molecule has 17 heavy (non-hydrogen) atoms. The predicted molar refractivity (Wildman–Crippen MR) is 62.8 cm³/mol. The lowest BCUT2D eigenvalue weighted by Crippen LogP contribution is -2.55. The van der Waals surface area contributed by atoms with E-state index in [4.69, 9.17) is 4.74 Å². The van der Waals surface area contributed by atoms with Crippen LogP contribution < -0.4 is 4.74 Å². The Balaban J connectivity index is 1.71. The average molecular weight is 234 g/mol. The zero-order valence-corrected chi connectivity index (χ0v) is 10.2. The molecule has 2 saturated carbocycles. The summed E-state index contributed by atoms with van der Waals surface area (Å²) in [6.07, 6.45) is 8.68. The zero-order chi connectivity index (χ0) is 11.9. The zero-order valence-electron chi connectivity index (χ0n) is 10.2. The van der Waals surface area contributed by atoms with Crippen LogP contribution >= 0.6 is 0 Å². The Morgan fingerprint density at radius 1 is 1.53 bits per heavy atom. The Morgan fingerprint density at radius 2 is 2.29 bits per heavy atom. The third kappa shape index (κ3) is 1.58. The Labute approximate surface area is 101 Å². The number of carbonyl (C=O) groups is 1. The number of ether oxygens (including phenoxy) is 1. The summed E-state index contributed by atoms with van der Waals surface area (Å²) in [6, 6.07) is 0. The Morgan fingerprint density at radius 3 is 2.88 bits per heavy atom. The number of Topliss-reactive ketones (excluding diaryl/α,β-unsaturated/α-hetero) is 1. The highest BCUT2D eigenvalue weighted by Crippen LogP contribution is 2.51. The molecule has 0 amide bonds. The van der Waals surface area contributed by atoms with Gasteiger partial charge in [-0.1, -0.05) is 12.8 Å². The van der Waals surface area contributed by atoms with Crippen LogP contribution in [0.5, 0.6) is 5.75 Å². The fourth-order valence-electron chi connectivity index (χ4n) is 3.12. The molecule has 1 unspecified atom stereocenters. The summed E-state index contributed by atoms with van der Waals surface area (Å²) in [7, 11) is 0. The quantitative estimate of drug-likeness (QED) is 0.805. The van der Waals surface area contributed by atoms with Gasteiger partial charge in [0.05, 0.1) is 17.8 Å². The van der Waals surface area contributed by atoms with E-state index in [9.17, 15) is 4.79 Å². The molecule has 3 rings (SSSR count). The van der Waals surface area contributed by atoms with Crippen molar-refractivity contribution < 1.29 is 9.53 Å². The van der Waals surface area contributed by atoms with Crippen LogP contribution in [0, 0.1) is 5.41 Å². The predicted octanol–water partition coefficient (Wildman–Crippen LogP) is 2.18. The molecule has 2 aliphatic rings. The molecule has 0 bridgehead atoms. The number of hydrogen-bond donors (Lipinski definition) is 0. The number of aryl methyl sites for hydroxylation is 1. The first kappa shape index (κ1) is 10.8. The second kappa shape index (κ2) is 3.86. The summed E-state index contributed by atoms with van der Waals surface area (Å²) in [5, 5.41) is 4.19. The highest BCUT2D eigenvalue weighted by molar-refractivity contribution is 5.92. The van der Waals surface area contributed by atoms with E-state index < -0.39 is 0 Å². The maximum Gasteiger partial charge on any atom is 0.157 e. The molecular formula is C13H18N2O2. The normalized spacial score (nSPS) is 26.2. The molecule has 0 radical (unpaired) electrons. The summed E-state index contributed by atoms with van der Waals surface area (Å²) in [5.74, 6) is 1.21. The maximum atomic E-state index is 11.8. The molecule has 4 nitrogen and oxygen atoms in total. The van der Waals surface area contributed by atoms with Crippen molar-refractivity contribution in [3.05, 3.63) is 12.4 Å². The Kier molecular flexibility index (Phi) is 2.45. The Hall–Kier alpha value is -1.32. The van der Waals surface area contributed by atoms with Gasteiger partial charge in [-0.3, -0.25) is 9.48 Å². The first-order chi connectivity index (χ1) is 8.24. The van der Waals surface area contributed by atoms with Crippen molar-refractivity contribution in [3.8, 4) is 5.75 Å². The van der Waals surface area contributed by atoms with Gasteiger partial charge in [-0.15, -0.1) is 0 Å². The number of ketones is 1. The fraction of sp³-hybridized carbons (Fsp3) is 0.692. The van der Waals surface area contributed by atoms with Crippen molar-refractivity contribution in [2.45, 2.75) is 51.7 Å². The van der Waals surface area contributed by atoms with E-state index in [1.165, 1.54) is 12.8 Å². The van der Waals surface area contributed by atoms with Crippen molar-refractivity contribution in [1.29, 1.82) is 0 Å². The van der Waals surface area contributed by atoms with Gasteiger partial charge in [0.1, 0.15) is 11.9 Å². The second-order valence-electron chi connectivity index (χ2n) is 5.13. The van der Waals surface area contributed by atoms with Crippen molar-refractivity contribution in [2.24, 2.45) is 5.41 Å². The minimum absolute atomic E-state index is 0.0898. The highest BCUT2D eigenvalue weighted by atomic mass is 16.5. The van der Waals surface area contributed by atoms with E-state index in [0.29, 0.717) is 12.2 Å².